The molecule has 0 saturated heterocycles. The molecule has 15 heavy (non-hydrogen) atoms. The molecule has 0 amide bonds. The summed E-state index contributed by atoms with van der Waals surface area (Å²) in [5.74, 6) is 0. The number of hydrogen-bond donors (Lipinski definition) is 1. The SMILES string of the molecule is O=S(=O)(NCC(F)(F)F)c1ccc(Br)s1. The van der Waals surface area contributed by atoms with Crippen LogP contribution in [-0.2, 0) is 10.0 Å². The topological polar surface area (TPSA) is 46.2 Å². The highest BCUT2D eigenvalue weighted by molar-refractivity contribution is 9.11. The molecule has 1 aromatic heterocycles. The summed E-state index contributed by atoms with van der Waals surface area (Å²) in [6.07, 6.45) is -4.55. The van der Waals surface area contributed by atoms with Gasteiger partial charge in [0, 0.05) is 0 Å². The van der Waals surface area contributed by atoms with Crippen molar-refractivity contribution in [3.8, 4) is 0 Å². The minimum Gasteiger partial charge on any atom is -0.206 e. The molecule has 0 spiro atoms. The zero-order valence-electron chi connectivity index (χ0n) is 7.01. The van der Waals surface area contributed by atoms with Crippen LogP contribution in [0.4, 0.5) is 13.2 Å². The Kier molecular flexibility index (Phi) is 3.80. The molecule has 1 N–H and O–H groups in total. The maximum atomic E-state index is 11.8. The van der Waals surface area contributed by atoms with E-state index in [0.717, 1.165) is 11.3 Å². The van der Waals surface area contributed by atoms with Gasteiger partial charge in [0.2, 0.25) is 10.0 Å². The molecule has 0 unspecified atom stereocenters. The molecule has 0 aliphatic rings. The Morgan fingerprint density at radius 2 is 2.00 bits per heavy atom. The Morgan fingerprint density at radius 1 is 1.40 bits per heavy atom. The lowest BCUT2D eigenvalue weighted by Gasteiger charge is -2.07. The van der Waals surface area contributed by atoms with Gasteiger partial charge in [-0.25, -0.2) is 13.1 Å². The molecule has 0 saturated carbocycles. The van der Waals surface area contributed by atoms with E-state index in [0.29, 0.717) is 3.79 Å². The zero-order valence-corrected chi connectivity index (χ0v) is 10.2. The summed E-state index contributed by atoms with van der Waals surface area (Å²) < 4.78 is 59.7. The summed E-state index contributed by atoms with van der Waals surface area (Å²) in [6, 6.07) is 2.68. The average molecular weight is 324 g/mol. The first-order valence-corrected chi connectivity index (χ1v) is 6.62. The van der Waals surface area contributed by atoms with Crippen molar-refractivity contribution >= 4 is 37.3 Å². The molecular weight excluding hydrogens is 319 g/mol. The third kappa shape index (κ3) is 4.09. The van der Waals surface area contributed by atoms with Gasteiger partial charge in [-0.2, -0.15) is 13.2 Å². The van der Waals surface area contributed by atoms with E-state index in [1.54, 1.807) is 0 Å². The number of sulfonamides is 1. The van der Waals surface area contributed by atoms with Crippen LogP contribution in [0.1, 0.15) is 0 Å². The summed E-state index contributed by atoms with van der Waals surface area (Å²) in [7, 11) is -4.05. The van der Waals surface area contributed by atoms with Crippen LogP contribution in [0.15, 0.2) is 20.1 Å². The largest absolute Gasteiger partial charge is 0.402 e. The van der Waals surface area contributed by atoms with Crippen LogP contribution in [0.5, 0.6) is 0 Å². The fraction of sp³-hybridized carbons (Fsp3) is 0.333. The fourth-order valence-corrected chi connectivity index (χ4v) is 3.76. The maximum Gasteiger partial charge on any atom is 0.402 e. The molecule has 3 nitrogen and oxygen atoms in total. The van der Waals surface area contributed by atoms with E-state index in [2.05, 4.69) is 15.9 Å². The molecule has 0 aliphatic heterocycles. The lowest BCUT2D eigenvalue weighted by molar-refractivity contribution is -0.121. The Morgan fingerprint density at radius 3 is 2.40 bits per heavy atom. The highest BCUT2D eigenvalue weighted by atomic mass is 79.9. The van der Waals surface area contributed by atoms with Crippen molar-refractivity contribution in [3.63, 3.8) is 0 Å². The third-order valence-corrected chi connectivity index (χ3v) is 4.79. The van der Waals surface area contributed by atoms with Gasteiger partial charge in [-0.3, -0.25) is 0 Å². The standard InChI is InChI=1S/C6H5BrF3NO2S2/c7-4-1-2-5(14-4)15(12,13)11-3-6(8,9)10/h1-2,11H,3H2. The molecule has 1 heterocycles. The van der Waals surface area contributed by atoms with Crippen molar-refractivity contribution in [2.75, 3.05) is 6.54 Å². The van der Waals surface area contributed by atoms with Crippen LogP contribution in [0, 0.1) is 0 Å². The number of alkyl halides is 3. The molecule has 0 radical (unpaired) electrons. The van der Waals surface area contributed by atoms with Gasteiger partial charge in [0.05, 0.1) is 3.79 Å². The van der Waals surface area contributed by atoms with E-state index < -0.39 is 22.7 Å². The third-order valence-electron chi connectivity index (χ3n) is 1.28. The maximum absolute atomic E-state index is 11.8. The van der Waals surface area contributed by atoms with Crippen molar-refractivity contribution in [2.24, 2.45) is 0 Å². The molecule has 0 aliphatic carbocycles. The van der Waals surface area contributed by atoms with Crippen molar-refractivity contribution in [1.82, 2.24) is 4.72 Å². The first-order valence-electron chi connectivity index (χ1n) is 3.52. The predicted octanol–water partition coefficient (Wildman–Crippen LogP) is 2.35. The molecule has 0 atom stereocenters. The molecule has 86 valence electrons. The van der Waals surface area contributed by atoms with Crippen molar-refractivity contribution in [2.45, 2.75) is 10.4 Å². The van der Waals surface area contributed by atoms with Crippen LogP contribution < -0.4 is 4.72 Å². The van der Waals surface area contributed by atoms with Crippen molar-refractivity contribution < 1.29 is 21.6 Å². The monoisotopic (exact) mass is 323 g/mol. The van der Waals surface area contributed by atoms with Gasteiger partial charge in [-0.05, 0) is 28.1 Å². The lowest BCUT2D eigenvalue weighted by Crippen LogP contribution is -2.33. The molecule has 1 aromatic rings. The molecule has 0 bridgehead atoms. The molecule has 0 aromatic carbocycles. The summed E-state index contributed by atoms with van der Waals surface area (Å²) in [6.45, 7) is -1.56. The van der Waals surface area contributed by atoms with Crippen LogP contribution in [-0.4, -0.2) is 21.1 Å². The quantitative estimate of drug-likeness (QED) is 0.928. The molecular formula is C6H5BrF3NO2S2. The van der Waals surface area contributed by atoms with E-state index >= 15 is 0 Å². The summed E-state index contributed by atoms with van der Waals surface area (Å²) >= 11 is 3.86. The first-order chi connectivity index (χ1) is 6.71. The minimum absolute atomic E-state index is 0.154. The van der Waals surface area contributed by atoms with E-state index in [1.165, 1.54) is 16.9 Å². The van der Waals surface area contributed by atoms with Gasteiger partial charge >= 0.3 is 6.18 Å². The summed E-state index contributed by atoms with van der Waals surface area (Å²) in [5.41, 5.74) is 0. The molecule has 0 fully saturated rings. The smallest absolute Gasteiger partial charge is 0.206 e. The van der Waals surface area contributed by atoms with Crippen LogP contribution in [0.2, 0.25) is 0 Å². The molecule has 1 rings (SSSR count). The summed E-state index contributed by atoms with van der Waals surface area (Å²) in [5, 5.41) is 0. The number of halogens is 4. The Balaban J connectivity index is 2.77. The van der Waals surface area contributed by atoms with E-state index in [4.69, 9.17) is 0 Å². The number of hydrogen-bond acceptors (Lipinski definition) is 3. The first kappa shape index (κ1) is 12.9. The number of nitrogens with one attached hydrogen (secondary N) is 1. The van der Waals surface area contributed by atoms with Crippen LogP contribution in [0.3, 0.4) is 0 Å². The normalized spacial score (nSPS) is 13.1. The highest BCUT2D eigenvalue weighted by Gasteiger charge is 2.30. The lowest BCUT2D eigenvalue weighted by atomic mass is 10.7. The van der Waals surface area contributed by atoms with E-state index in [-0.39, 0.29) is 4.21 Å². The second-order valence-corrected chi connectivity index (χ2v) is 6.96. The van der Waals surface area contributed by atoms with Crippen molar-refractivity contribution in [3.05, 3.63) is 15.9 Å². The van der Waals surface area contributed by atoms with Gasteiger partial charge in [-0.15, -0.1) is 11.3 Å². The Hall–Kier alpha value is -0.120. The van der Waals surface area contributed by atoms with E-state index in [1.807, 2.05) is 0 Å². The number of thiophene rings is 1. The second-order valence-electron chi connectivity index (χ2n) is 2.50. The van der Waals surface area contributed by atoms with Gasteiger partial charge in [-0.1, -0.05) is 0 Å². The Bertz CT molecular complexity index is 439. The Labute approximate surface area is 96.5 Å². The van der Waals surface area contributed by atoms with Crippen LogP contribution in [0.25, 0.3) is 0 Å². The van der Waals surface area contributed by atoms with E-state index in [9.17, 15) is 21.6 Å². The fourth-order valence-electron chi connectivity index (χ4n) is 0.690. The van der Waals surface area contributed by atoms with Gasteiger partial charge < -0.3 is 0 Å². The average Bonchev–Trinajstić information content (AvgIpc) is 2.48. The molecule has 9 heteroatoms. The van der Waals surface area contributed by atoms with Crippen molar-refractivity contribution in [1.29, 1.82) is 0 Å². The highest BCUT2D eigenvalue weighted by Crippen LogP contribution is 2.26. The van der Waals surface area contributed by atoms with Gasteiger partial charge in [0.1, 0.15) is 10.8 Å². The van der Waals surface area contributed by atoms with Gasteiger partial charge in [0.15, 0.2) is 0 Å². The second kappa shape index (κ2) is 4.40. The predicted molar refractivity (Wildman–Crippen MR) is 53.3 cm³/mol. The van der Waals surface area contributed by atoms with Gasteiger partial charge in [0.25, 0.3) is 0 Å². The van der Waals surface area contributed by atoms with Crippen LogP contribution >= 0.6 is 27.3 Å². The minimum atomic E-state index is -4.55. The zero-order chi connectivity index (χ0) is 11.7. The number of rotatable bonds is 3. The summed E-state index contributed by atoms with van der Waals surface area (Å²) in [4.78, 5) is 0.